The van der Waals surface area contributed by atoms with E-state index in [9.17, 15) is 33.1 Å². The maximum absolute atomic E-state index is 14.3. The van der Waals surface area contributed by atoms with Gasteiger partial charge in [-0.15, -0.1) is 0 Å². The molecule has 8 rings (SSSR count). The fraction of sp³-hybridized carbons (Fsp3) is 0.217. The van der Waals surface area contributed by atoms with E-state index in [1.165, 1.54) is 76.9 Å². The maximum atomic E-state index is 14.3. The average Bonchev–Trinajstić information content (AvgIpc) is 4.17. The van der Waals surface area contributed by atoms with E-state index in [2.05, 4.69) is 51.1 Å². The van der Waals surface area contributed by atoms with Crippen molar-refractivity contribution in [1.82, 2.24) is 49.8 Å². The number of carbonyl (C=O) groups is 4. The number of ether oxygens (including phenoxy) is 1. The van der Waals surface area contributed by atoms with Crippen molar-refractivity contribution in [3.05, 3.63) is 133 Å². The summed E-state index contributed by atoms with van der Waals surface area (Å²) in [5.41, 5.74) is 0.626. The number of nitrogens with zero attached hydrogens (tertiary/aromatic N) is 10. The molecule has 8 aromatic rings. The van der Waals surface area contributed by atoms with E-state index in [-0.39, 0.29) is 54.6 Å². The average molecular weight is 929 g/mol. The number of carboxylic acid groups (broad SMARTS) is 1. The van der Waals surface area contributed by atoms with Gasteiger partial charge in [0, 0.05) is 35.7 Å². The van der Waals surface area contributed by atoms with Crippen LogP contribution in [0.4, 0.5) is 20.4 Å². The normalized spacial score (nSPS) is 11.3. The molecule has 0 aliphatic rings. The van der Waals surface area contributed by atoms with Crippen LogP contribution in [0.2, 0.25) is 0 Å². The number of benzene rings is 2. The highest BCUT2D eigenvalue weighted by molar-refractivity contribution is 6.08. The summed E-state index contributed by atoms with van der Waals surface area (Å²) >= 11 is 0. The Hall–Kier alpha value is -8.82. The van der Waals surface area contributed by atoms with E-state index in [0.717, 1.165) is 0 Å². The molecule has 20 nitrogen and oxygen atoms in total. The lowest BCUT2D eigenvalue weighted by Crippen LogP contribution is -2.39. The fourth-order valence-electron chi connectivity index (χ4n) is 6.12. The molecule has 22 heteroatoms. The predicted octanol–water partition coefficient (Wildman–Crippen LogP) is 6.94. The number of hydrogen-bond donors (Lipinski definition) is 3. The molecule has 6 heterocycles. The molecular formula is C46H42F2N12O8. The number of aliphatic carboxylic acids is 1. The molecular weight excluding hydrogens is 887 g/mol. The van der Waals surface area contributed by atoms with Crippen molar-refractivity contribution in [1.29, 1.82) is 0 Å². The highest BCUT2D eigenvalue weighted by Crippen LogP contribution is 2.28. The monoisotopic (exact) mass is 928 g/mol. The summed E-state index contributed by atoms with van der Waals surface area (Å²) in [4.78, 5) is 65.6. The van der Waals surface area contributed by atoms with E-state index >= 15 is 0 Å². The molecule has 0 saturated carbocycles. The first kappa shape index (κ1) is 47.2. The summed E-state index contributed by atoms with van der Waals surface area (Å²) in [6.45, 7) is 7.62. The highest BCUT2D eigenvalue weighted by atomic mass is 19.1. The third-order valence-electron chi connectivity index (χ3n) is 10.2. The number of hydrogen-bond acceptors (Lipinski definition) is 15. The smallest absolute Gasteiger partial charge is 0.321 e. The molecule has 3 N–H and O–H groups in total. The Morgan fingerprint density at radius 3 is 1.49 bits per heavy atom. The lowest BCUT2D eigenvalue weighted by molar-refractivity contribution is -0.157. The summed E-state index contributed by atoms with van der Waals surface area (Å²) in [5.74, 6) is -3.25. The van der Waals surface area contributed by atoms with Gasteiger partial charge >= 0.3 is 11.9 Å². The first-order chi connectivity index (χ1) is 32.5. The van der Waals surface area contributed by atoms with Gasteiger partial charge in [0.2, 0.25) is 11.8 Å². The van der Waals surface area contributed by atoms with Crippen LogP contribution in [0, 0.1) is 22.5 Å². The molecule has 348 valence electrons. The zero-order valence-corrected chi connectivity index (χ0v) is 37.0. The van der Waals surface area contributed by atoms with Gasteiger partial charge in [0.1, 0.15) is 69.4 Å². The standard InChI is InChI=1S/C24H23FN6O4.C22H19FN6O4/c1-4-34-23(33)24(2,3)22(32)28-20-9-11-26-21(27-20)18-13-19(17-10-12-35-30-17)31(29-18)14-15-7-5-6-8-16(15)25;1-22(2,21(31)32)20(30)26-18-7-9-24-19(25-18)16-11-17(15-8-10-33-28-15)29(27-16)12-13-5-3-4-6-14(13)23/h5-13H,4,14H2,1-3H3,(H,26,27,28,32);3-11H,12H2,1-2H3,(H,31,32)(H,24,25,26,30). The summed E-state index contributed by atoms with van der Waals surface area (Å²) in [7, 11) is 0. The maximum Gasteiger partial charge on any atom is 0.321 e. The Kier molecular flexibility index (Phi) is 14.0. The third-order valence-corrected chi connectivity index (χ3v) is 10.2. The SMILES string of the molecule is CC(C)(C(=O)O)C(=O)Nc1ccnc(-c2cc(-c3ccon3)n(Cc3ccccc3F)n2)n1.CCOC(=O)C(C)(C)C(=O)Nc1ccnc(-c2cc(-c3ccon3)n(Cc3ccccc3F)n2)n1. The molecule has 2 amide bonds. The first-order valence-electron chi connectivity index (χ1n) is 20.7. The topological polar surface area (TPSA) is 261 Å². The molecule has 0 atom stereocenters. The van der Waals surface area contributed by atoms with Crippen LogP contribution in [-0.4, -0.2) is 85.3 Å². The summed E-state index contributed by atoms with van der Waals surface area (Å²) < 4.78 is 46.5. The minimum absolute atomic E-state index is 0.117. The molecule has 0 fully saturated rings. The van der Waals surface area contributed by atoms with Gasteiger partial charge in [0.15, 0.2) is 11.6 Å². The second-order valence-electron chi connectivity index (χ2n) is 15.8. The molecule has 2 aromatic carbocycles. The second-order valence-corrected chi connectivity index (χ2v) is 15.8. The van der Waals surface area contributed by atoms with Crippen LogP contribution < -0.4 is 10.6 Å². The van der Waals surface area contributed by atoms with Gasteiger partial charge in [0.25, 0.3) is 0 Å². The van der Waals surface area contributed by atoms with Gasteiger partial charge in [-0.25, -0.2) is 28.7 Å². The van der Waals surface area contributed by atoms with Crippen molar-refractivity contribution in [3.8, 4) is 45.8 Å². The van der Waals surface area contributed by atoms with Crippen LogP contribution in [0.15, 0.2) is 119 Å². The van der Waals surface area contributed by atoms with Gasteiger partial charge in [-0.3, -0.25) is 28.5 Å². The minimum Gasteiger partial charge on any atom is -0.480 e. The molecule has 0 spiro atoms. The van der Waals surface area contributed by atoms with Crippen LogP contribution in [-0.2, 0) is 37.0 Å². The molecule has 0 unspecified atom stereocenters. The minimum atomic E-state index is -1.65. The van der Waals surface area contributed by atoms with Gasteiger partial charge in [-0.05, 0) is 71.0 Å². The fourth-order valence-corrected chi connectivity index (χ4v) is 6.12. The molecule has 0 radical (unpaired) electrons. The predicted molar refractivity (Wildman–Crippen MR) is 238 cm³/mol. The zero-order valence-electron chi connectivity index (χ0n) is 37.0. The Morgan fingerprint density at radius 1 is 0.647 bits per heavy atom. The van der Waals surface area contributed by atoms with Crippen LogP contribution >= 0.6 is 0 Å². The second kappa shape index (κ2) is 20.1. The largest absolute Gasteiger partial charge is 0.480 e. The first-order valence-corrected chi connectivity index (χ1v) is 20.7. The van der Waals surface area contributed by atoms with E-state index in [1.54, 1.807) is 77.0 Å². The Labute approximate surface area is 385 Å². The van der Waals surface area contributed by atoms with E-state index in [4.69, 9.17) is 13.8 Å². The molecule has 0 saturated heterocycles. The lowest BCUT2D eigenvalue weighted by Gasteiger charge is -2.21. The number of carbonyl (C=O) groups excluding carboxylic acids is 3. The zero-order chi connectivity index (χ0) is 48.6. The van der Waals surface area contributed by atoms with E-state index in [1.807, 2.05) is 0 Å². The Balaban J connectivity index is 0.000000202. The van der Waals surface area contributed by atoms with Crippen LogP contribution in [0.3, 0.4) is 0 Å². The number of amides is 2. The van der Waals surface area contributed by atoms with Gasteiger partial charge in [-0.1, -0.05) is 46.7 Å². The van der Waals surface area contributed by atoms with Crippen LogP contribution in [0.1, 0.15) is 45.7 Å². The summed E-state index contributed by atoms with van der Waals surface area (Å²) in [6.07, 6.45) is 5.71. The molecule has 0 aliphatic heterocycles. The van der Waals surface area contributed by atoms with E-state index in [0.29, 0.717) is 45.3 Å². The number of halogens is 2. The lowest BCUT2D eigenvalue weighted by atomic mass is 9.92. The van der Waals surface area contributed by atoms with Crippen LogP contribution in [0.25, 0.3) is 45.8 Å². The third kappa shape index (κ3) is 10.6. The van der Waals surface area contributed by atoms with Gasteiger partial charge in [0.05, 0.1) is 31.1 Å². The highest BCUT2D eigenvalue weighted by Gasteiger charge is 2.38. The van der Waals surface area contributed by atoms with E-state index < -0.39 is 34.6 Å². The molecule has 6 aromatic heterocycles. The van der Waals surface area contributed by atoms with Crippen molar-refractivity contribution in [2.45, 2.75) is 47.7 Å². The number of aromatic nitrogens is 10. The number of carboxylic acids is 1. The number of nitrogens with one attached hydrogen (secondary N) is 2. The molecule has 0 bridgehead atoms. The van der Waals surface area contributed by atoms with Gasteiger partial charge < -0.3 is 29.5 Å². The summed E-state index contributed by atoms with van der Waals surface area (Å²) in [5, 5.41) is 31.3. The van der Waals surface area contributed by atoms with Crippen molar-refractivity contribution >= 4 is 35.4 Å². The quantitative estimate of drug-likeness (QED) is 0.0694. The van der Waals surface area contributed by atoms with Crippen molar-refractivity contribution < 1.29 is 46.8 Å². The Morgan fingerprint density at radius 2 is 1.09 bits per heavy atom. The van der Waals surface area contributed by atoms with Crippen molar-refractivity contribution in [3.63, 3.8) is 0 Å². The number of esters is 1. The molecule has 68 heavy (non-hydrogen) atoms. The number of rotatable bonds is 15. The van der Waals surface area contributed by atoms with Crippen LogP contribution in [0.5, 0.6) is 0 Å². The van der Waals surface area contributed by atoms with Gasteiger partial charge in [-0.2, -0.15) is 10.2 Å². The summed E-state index contributed by atoms with van der Waals surface area (Å²) in [6, 6.07) is 22.4. The molecule has 0 aliphatic carbocycles. The Bertz CT molecular complexity index is 3080. The number of anilines is 2. The van der Waals surface area contributed by atoms with Crippen molar-refractivity contribution in [2.75, 3.05) is 17.2 Å². The van der Waals surface area contributed by atoms with Crippen molar-refractivity contribution in [2.24, 2.45) is 10.8 Å².